The summed E-state index contributed by atoms with van der Waals surface area (Å²) in [6, 6.07) is -0.852. The van der Waals surface area contributed by atoms with E-state index in [1.807, 2.05) is 13.8 Å². The first-order valence-electron chi connectivity index (χ1n) is 6.21. The molecule has 1 unspecified atom stereocenters. The van der Waals surface area contributed by atoms with Gasteiger partial charge in [-0.3, -0.25) is 4.79 Å². The number of hydrogen-bond acceptors (Lipinski definition) is 3. The third-order valence-corrected chi connectivity index (χ3v) is 3.37. The van der Waals surface area contributed by atoms with Gasteiger partial charge in [-0.05, 0) is 25.2 Å². The smallest absolute Gasteiger partial charge is 0.326 e. The van der Waals surface area contributed by atoms with Crippen LogP contribution >= 0.6 is 0 Å². The van der Waals surface area contributed by atoms with E-state index < -0.39 is 12.0 Å². The monoisotopic (exact) mass is 242 g/mol. The second-order valence-corrected chi connectivity index (χ2v) is 5.05. The van der Waals surface area contributed by atoms with E-state index in [2.05, 4.69) is 0 Å². The Morgan fingerprint density at radius 1 is 1.41 bits per heavy atom. The molecule has 0 aromatic heterocycles. The minimum atomic E-state index is -0.906. The summed E-state index contributed by atoms with van der Waals surface area (Å²) < 4.78 is 0. The summed E-state index contributed by atoms with van der Waals surface area (Å²) in [5.41, 5.74) is 5.85. The third kappa shape index (κ3) is 3.70. The van der Waals surface area contributed by atoms with Gasteiger partial charge in [0.2, 0.25) is 5.91 Å². The molecule has 5 nitrogen and oxygen atoms in total. The number of carbonyl (C=O) groups excluding carboxylic acids is 1. The van der Waals surface area contributed by atoms with Gasteiger partial charge in [0.05, 0.1) is 0 Å². The van der Waals surface area contributed by atoms with Crippen LogP contribution < -0.4 is 5.73 Å². The van der Waals surface area contributed by atoms with Crippen LogP contribution in [-0.4, -0.2) is 40.5 Å². The highest BCUT2D eigenvalue weighted by atomic mass is 16.4. The van der Waals surface area contributed by atoms with Crippen LogP contribution in [0.1, 0.15) is 39.5 Å². The number of carboxylic acids is 1. The molecule has 0 spiro atoms. The van der Waals surface area contributed by atoms with E-state index in [1.165, 1.54) is 4.90 Å². The molecule has 0 aromatic carbocycles. The zero-order valence-corrected chi connectivity index (χ0v) is 10.6. The van der Waals surface area contributed by atoms with Crippen LogP contribution in [0.15, 0.2) is 0 Å². The van der Waals surface area contributed by atoms with Gasteiger partial charge in [-0.15, -0.1) is 0 Å². The molecule has 1 fully saturated rings. The van der Waals surface area contributed by atoms with E-state index in [0.29, 0.717) is 13.0 Å². The molecule has 1 rings (SSSR count). The highest BCUT2D eigenvalue weighted by molar-refractivity contribution is 5.84. The number of carbonyl (C=O) groups is 2. The Morgan fingerprint density at radius 3 is 2.59 bits per heavy atom. The van der Waals surface area contributed by atoms with Crippen molar-refractivity contribution >= 4 is 11.9 Å². The number of amides is 1. The van der Waals surface area contributed by atoms with Gasteiger partial charge in [0, 0.05) is 19.0 Å². The number of aliphatic carboxylic acids is 1. The zero-order chi connectivity index (χ0) is 13.0. The van der Waals surface area contributed by atoms with Crippen LogP contribution in [0.2, 0.25) is 0 Å². The van der Waals surface area contributed by atoms with Gasteiger partial charge >= 0.3 is 5.97 Å². The van der Waals surface area contributed by atoms with Crippen molar-refractivity contribution in [1.82, 2.24) is 4.90 Å². The van der Waals surface area contributed by atoms with Gasteiger partial charge in [0.1, 0.15) is 6.04 Å². The third-order valence-electron chi connectivity index (χ3n) is 3.37. The maximum Gasteiger partial charge on any atom is 0.326 e. The van der Waals surface area contributed by atoms with Crippen LogP contribution in [0.25, 0.3) is 0 Å². The number of rotatable bonds is 4. The molecule has 2 atom stereocenters. The van der Waals surface area contributed by atoms with Crippen molar-refractivity contribution in [2.24, 2.45) is 11.7 Å². The number of piperidine rings is 1. The number of nitrogens with zero attached hydrogens (tertiary/aromatic N) is 1. The van der Waals surface area contributed by atoms with E-state index in [4.69, 9.17) is 10.8 Å². The van der Waals surface area contributed by atoms with E-state index in [-0.39, 0.29) is 24.3 Å². The Kier molecular flexibility index (Phi) is 4.93. The highest BCUT2D eigenvalue weighted by Gasteiger charge is 2.32. The van der Waals surface area contributed by atoms with E-state index in [0.717, 1.165) is 12.8 Å². The van der Waals surface area contributed by atoms with E-state index in [1.54, 1.807) is 0 Å². The minimum absolute atomic E-state index is 0.127. The predicted molar refractivity (Wildman–Crippen MR) is 64.4 cm³/mol. The molecule has 17 heavy (non-hydrogen) atoms. The van der Waals surface area contributed by atoms with E-state index >= 15 is 0 Å². The normalized spacial score (nSPS) is 22.6. The van der Waals surface area contributed by atoms with Crippen molar-refractivity contribution in [2.75, 3.05) is 6.54 Å². The van der Waals surface area contributed by atoms with Crippen LogP contribution in [0.4, 0.5) is 0 Å². The maximum absolute atomic E-state index is 12.0. The molecule has 0 aromatic rings. The van der Waals surface area contributed by atoms with Crippen molar-refractivity contribution in [3.8, 4) is 0 Å². The molecule has 0 radical (unpaired) electrons. The van der Waals surface area contributed by atoms with Gasteiger partial charge in [0.15, 0.2) is 0 Å². The summed E-state index contributed by atoms with van der Waals surface area (Å²) in [7, 11) is 0. The molecule has 1 aliphatic heterocycles. The molecule has 1 saturated heterocycles. The Bertz CT molecular complexity index is 291. The number of hydrogen-bond donors (Lipinski definition) is 2. The summed E-state index contributed by atoms with van der Waals surface area (Å²) in [6.45, 7) is 4.46. The molecule has 0 bridgehead atoms. The average Bonchev–Trinajstić information content (AvgIpc) is 2.28. The van der Waals surface area contributed by atoms with Crippen LogP contribution in [0.5, 0.6) is 0 Å². The first-order chi connectivity index (χ1) is 7.93. The van der Waals surface area contributed by atoms with Crippen LogP contribution in [-0.2, 0) is 9.59 Å². The van der Waals surface area contributed by atoms with Crippen LogP contribution in [0, 0.1) is 5.92 Å². The lowest BCUT2D eigenvalue weighted by atomic mass is 9.98. The molecule has 5 heteroatoms. The standard InChI is InChI=1S/C12H22N2O3/c1-8(2)9(13)7-11(15)14-6-4-3-5-10(14)12(16)17/h8-10H,3-7,13H2,1-2H3,(H,16,17)/t9?,10-/m1/s1. The predicted octanol–water partition coefficient (Wildman–Crippen LogP) is 0.825. The summed E-state index contributed by atoms with van der Waals surface area (Å²) in [5, 5.41) is 9.08. The van der Waals surface area contributed by atoms with E-state index in [9.17, 15) is 9.59 Å². The molecule has 98 valence electrons. The summed E-state index contributed by atoms with van der Waals surface area (Å²) >= 11 is 0. The molecular formula is C12H22N2O3. The lowest BCUT2D eigenvalue weighted by molar-refractivity contribution is -0.152. The Labute approximate surface area is 102 Å². The first kappa shape index (κ1) is 14.0. The first-order valence-corrected chi connectivity index (χ1v) is 6.21. The molecule has 3 N–H and O–H groups in total. The highest BCUT2D eigenvalue weighted by Crippen LogP contribution is 2.19. The van der Waals surface area contributed by atoms with Gasteiger partial charge in [-0.1, -0.05) is 13.8 Å². The largest absolute Gasteiger partial charge is 0.480 e. The minimum Gasteiger partial charge on any atom is -0.480 e. The Hall–Kier alpha value is -1.10. The number of nitrogens with two attached hydrogens (primary N) is 1. The zero-order valence-electron chi connectivity index (χ0n) is 10.6. The van der Waals surface area contributed by atoms with Crippen molar-refractivity contribution in [1.29, 1.82) is 0 Å². The maximum atomic E-state index is 12.0. The number of carboxylic acid groups (broad SMARTS) is 1. The topological polar surface area (TPSA) is 83.6 Å². The molecule has 1 aliphatic rings. The fourth-order valence-corrected chi connectivity index (χ4v) is 2.04. The fourth-order valence-electron chi connectivity index (χ4n) is 2.04. The quantitative estimate of drug-likeness (QED) is 0.764. The molecule has 0 saturated carbocycles. The SMILES string of the molecule is CC(C)C(N)CC(=O)N1CCCC[C@@H]1C(=O)O. The van der Waals surface area contributed by atoms with Crippen molar-refractivity contribution in [3.63, 3.8) is 0 Å². The van der Waals surface area contributed by atoms with Crippen molar-refractivity contribution in [3.05, 3.63) is 0 Å². The molecule has 1 amide bonds. The summed E-state index contributed by atoms with van der Waals surface area (Å²) in [6.07, 6.45) is 2.54. The molecule has 0 aliphatic carbocycles. The van der Waals surface area contributed by atoms with Gasteiger partial charge in [0.25, 0.3) is 0 Å². The summed E-state index contributed by atoms with van der Waals surface area (Å²) in [5.74, 6) is -0.804. The second kappa shape index (κ2) is 6.00. The number of likely N-dealkylation sites (tertiary alicyclic amines) is 1. The van der Waals surface area contributed by atoms with Gasteiger partial charge in [-0.2, -0.15) is 0 Å². The van der Waals surface area contributed by atoms with Crippen LogP contribution in [0.3, 0.4) is 0 Å². The van der Waals surface area contributed by atoms with Gasteiger partial charge in [-0.25, -0.2) is 4.79 Å². The van der Waals surface area contributed by atoms with Crippen molar-refractivity contribution in [2.45, 2.75) is 51.6 Å². The lowest BCUT2D eigenvalue weighted by Gasteiger charge is -2.34. The summed E-state index contributed by atoms with van der Waals surface area (Å²) in [4.78, 5) is 24.6. The van der Waals surface area contributed by atoms with Gasteiger partial charge < -0.3 is 15.7 Å². The Morgan fingerprint density at radius 2 is 2.06 bits per heavy atom. The molecule has 1 heterocycles. The average molecular weight is 242 g/mol. The lowest BCUT2D eigenvalue weighted by Crippen LogP contribution is -2.49. The Balaban J connectivity index is 2.62. The molecular weight excluding hydrogens is 220 g/mol. The van der Waals surface area contributed by atoms with Crippen molar-refractivity contribution < 1.29 is 14.7 Å². The second-order valence-electron chi connectivity index (χ2n) is 5.05. The fraction of sp³-hybridized carbons (Fsp3) is 0.833.